The Hall–Kier alpha value is -2.58. The highest BCUT2D eigenvalue weighted by Crippen LogP contribution is 2.31. The molecule has 1 atom stereocenters. The van der Waals surface area contributed by atoms with Crippen molar-refractivity contribution >= 4 is 10.9 Å². The number of nitrogens with one attached hydrogen (secondary N) is 1. The van der Waals surface area contributed by atoms with Crippen LogP contribution in [0, 0.1) is 17.5 Å². The molecule has 26 heavy (non-hydrogen) atoms. The van der Waals surface area contributed by atoms with E-state index in [1.54, 1.807) is 6.07 Å². The summed E-state index contributed by atoms with van der Waals surface area (Å²) >= 11 is 0. The van der Waals surface area contributed by atoms with Gasteiger partial charge in [-0.05, 0) is 24.3 Å². The maximum atomic E-state index is 14.4. The number of halogens is 3. The fourth-order valence-electron chi connectivity index (χ4n) is 2.93. The van der Waals surface area contributed by atoms with Crippen molar-refractivity contribution in [2.24, 2.45) is 0 Å². The van der Waals surface area contributed by atoms with E-state index < -0.39 is 17.5 Å². The highest BCUT2D eigenvalue weighted by atomic mass is 19.1. The van der Waals surface area contributed by atoms with E-state index >= 15 is 0 Å². The SMILES string of the molecule is Fc1ccc(-n2nc(OC[C@@H]3CNCCO3)c3c(F)cccc32)c(F)c1. The molecule has 0 spiro atoms. The van der Waals surface area contributed by atoms with E-state index in [2.05, 4.69) is 10.4 Å². The maximum Gasteiger partial charge on any atom is 0.244 e. The molecule has 1 aromatic heterocycles. The Bertz CT molecular complexity index is 939. The predicted molar refractivity (Wildman–Crippen MR) is 89.0 cm³/mol. The van der Waals surface area contributed by atoms with Crippen molar-refractivity contribution in [3.63, 3.8) is 0 Å². The first-order chi connectivity index (χ1) is 12.6. The van der Waals surface area contributed by atoms with Crippen LogP contribution in [-0.4, -0.2) is 42.2 Å². The molecule has 5 nitrogen and oxygen atoms in total. The van der Waals surface area contributed by atoms with E-state index in [-0.39, 0.29) is 29.7 Å². The summed E-state index contributed by atoms with van der Waals surface area (Å²) in [5.74, 6) is -2.00. The number of benzene rings is 2. The number of aromatic nitrogens is 2. The van der Waals surface area contributed by atoms with E-state index in [4.69, 9.17) is 9.47 Å². The van der Waals surface area contributed by atoms with Crippen molar-refractivity contribution in [3.05, 3.63) is 53.8 Å². The zero-order chi connectivity index (χ0) is 18.1. The number of hydrogen-bond donors (Lipinski definition) is 1. The molecule has 1 saturated heterocycles. The minimum Gasteiger partial charge on any atom is -0.473 e. The summed E-state index contributed by atoms with van der Waals surface area (Å²) < 4.78 is 54.2. The molecule has 0 amide bonds. The quantitative estimate of drug-likeness (QED) is 0.775. The molecular formula is C18H16F3N3O2. The molecule has 2 aromatic carbocycles. The number of fused-ring (bicyclic) bond motifs is 1. The summed E-state index contributed by atoms with van der Waals surface area (Å²) in [7, 11) is 0. The summed E-state index contributed by atoms with van der Waals surface area (Å²) in [5, 5.41) is 7.52. The van der Waals surface area contributed by atoms with Gasteiger partial charge in [0.2, 0.25) is 5.88 Å². The second-order valence-corrected chi connectivity index (χ2v) is 5.95. The number of ether oxygens (including phenoxy) is 2. The van der Waals surface area contributed by atoms with Gasteiger partial charge in [0.1, 0.15) is 30.0 Å². The fourth-order valence-corrected chi connectivity index (χ4v) is 2.93. The molecule has 0 saturated carbocycles. The molecule has 1 N–H and O–H groups in total. The van der Waals surface area contributed by atoms with Crippen LogP contribution in [0.25, 0.3) is 16.6 Å². The van der Waals surface area contributed by atoms with Crippen molar-refractivity contribution < 1.29 is 22.6 Å². The highest BCUT2D eigenvalue weighted by Gasteiger charge is 2.21. The highest BCUT2D eigenvalue weighted by molar-refractivity contribution is 5.86. The molecule has 0 bridgehead atoms. The van der Waals surface area contributed by atoms with Crippen molar-refractivity contribution in [1.29, 1.82) is 0 Å². The van der Waals surface area contributed by atoms with Gasteiger partial charge in [0, 0.05) is 19.2 Å². The molecule has 1 aliphatic rings. The minimum absolute atomic E-state index is 0.00688. The fraction of sp³-hybridized carbons (Fsp3) is 0.278. The average Bonchev–Trinajstić information content (AvgIpc) is 3.01. The van der Waals surface area contributed by atoms with Gasteiger partial charge in [-0.1, -0.05) is 6.07 Å². The van der Waals surface area contributed by atoms with E-state index in [1.807, 2.05) is 0 Å². The molecule has 2 heterocycles. The van der Waals surface area contributed by atoms with Gasteiger partial charge in [-0.15, -0.1) is 5.10 Å². The van der Waals surface area contributed by atoms with Gasteiger partial charge >= 0.3 is 0 Å². The molecular weight excluding hydrogens is 347 g/mol. The van der Waals surface area contributed by atoms with Gasteiger partial charge in [-0.3, -0.25) is 0 Å². The topological polar surface area (TPSA) is 48.3 Å². The molecule has 0 radical (unpaired) electrons. The number of nitrogens with zero attached hydrogens (tertiary/aromatic N) is 2. The van der Waals surface area contributed by atoms with Crippen molar-refractivity contribution in [1.82, 2.24) is 15.1 Å². The Balaban J connectivity index is 1.73. The molecule has 8 heteroatoms. The lowest BCUT2D eigenvalue weighted by Gasteiger charge is -2.23. The largest absolute Gasteiger partial charge is 0.473 e. The summed E-state index contributed by atoms with van der Waals surface area (Å²) in [4.78, 5) is 0. The van der Waals surface area contributed by atoms with Crippen LogP contribution in [0.4, 0.5) is 13.2 Å². The molecule has 1 fully saturated rings. The third-order valence-electron chi connectivity index (χ3n) is 4.17. The zero-order valence-electron chi connectivity index (χ0n) is 13.7. The Morgan fingerprint density at radius 1 is 1.19 bits per heavy atom. The normalized spacial score (nSPS) is 17.6. The van der Waals surface area contributed by atoms with Crippen LogP contribution in [0.3, 0.4) is 0 Å². The summed E-state index contributed by atoms with van der Waals surface area (Å²) in [5.41, 5.74) is 0.334. The van der Waals surface area contributed by atoms with Crippen LogP contribution in [-0.2, 0) is 4.74 Å². The predicted octanol–water partition coefficient (Wildman–Crippen LogP) is 2.81. The molecule has 4 rings (SSSR count). The molecule has 3 aromatic rings. The number of rotatable bonds is 4. The Kier molecular flexibility index (Phi) is 4.52. The minimum atomic E-state index is -0.801. The van der Waals surface area contributed by atoms with Gasteiger partial charge in [0.05, 0.1) is 17.5 Å². The summed E-state index contributed by atoms with van der Waals surface area (Å²) in [6, 6.07) is 7.49. The third-order valence-corrected chi connectivity index (χ3v) is 4.17. The number of hydrogen-bond acceptors (Lipinski definition) is 4. The molecule has 0 unspecified atom stereocenters. The van der Waals surface area contributed by atoms with Crippen molar-refractivity contribution in [3.8, 4) is 11.6 Å². The van der Waals surface area contributed by atoms with Crippen molar-refractivity contribution in [2.45, 2.75) is 6.10 Å². The molecule has 0 aliphatic carbocycles. The van der Waals surface area contributed by atoms with Crippen LogP contribution in [0.5, 0.6) is 5.88 Å². The van der Waals surface area contributed by atoms with E-state index in [9.17, 15) is 13.2 Å². The molecule has 1 aliphatic heterocycles. The van der Waals surface area contributed by atoms with Crippen LogP contribution in [0.1, 0.15) is 0 Å². The van der Waals surface area contributed by atoms with Gasteiger partial charge in [-0.2, -0.15) is 0 Å². The second-order valence-electron chi connectivity index (χ2n) is 5.95. The monoisotopic (exact) mass is 363 g/mol. The third kappa shape index (κ3) is 3.13. The standard InChI is InChI=1S/C18H16F3N3O2/c19-11-4-5-15(14(21)8-11)24-16-3-1-2-13(20)17(16)18(23-24)26-10-12-9-22-6-7-25-12/h1-5,8,12,22H,6-7,9-10H2/t12-/m0/s1. The first-order valence-corrected chi connectivity index (χ1v) is 8.21. The van der Waals surface area contributed by atoms with E-state index in [0.717, 1.165) is 18.7 Å². The van der Waals surface area contributed by atoms with Crippen LogP contribution >= 0.6 is 0 Å². The van der Waals surface area contributed by atoms with E-state index in [0.29, 0.717) is 18.7 Å². The second kappa shape index (κ2) is 6.97. The Morgan fingerprint density at radius 3 is 2.85 bits per heavy atom. The van der Waals surface area contributed by atoms with Crippen LogP contribution in [0.15, 0.2) is 36.4 Å². The maximum absolute atomic E-state index is 14.4. The van der Waals surface area contributed by atoms with Crippen LogP contribution < -0.4 is 10.1 Å². The summed E-state index contributed by atoms with van der Waals surface area (Å²) in [6.07, 6.45) is -0.182. The molecule has 136 valence electrons. The van der Waals surface area contributed by atoms with E-state index in [1.165, 1.54) is 22.9 Å². The first-order valence-electron chi connectivity index (χ1n) is 8.21. The van der Waals surface area contributed by atoms with Crippen LogP contribution in [0.2, 0.25) is 0 Å². The number of morpholine rings is 1. The lowest BCUT2D eigenvalue weighted by atomic mass is 10.2. The first kappa shape index (κ1) is 16.9. The van der Waals surface area contributed by atoms with Gasteiger partial charge in [-0.25, -0.2) is 17.9 Å². The lowest BCUT2D eigenvalue weighted by molar-refractivity contribution is -0.000540. The van der Waals surface area contributed by atoms with Gasteiger partial charge in [0.25, 0.3) is 0 Å². The van der Waals surface area contributed by atoms with Gasteiger partial charge < -0.3 is 14.8 Å². The summed E-state index contributed by atoms with van der Waals surface area (Å²) in [6.45, 7) is 2.14. The zero-order valence-corrected chi connectivity index (χ0v) is 13.7. The average molecular weight is 363 g/mol. The Morgan fingerprint density at radius 2 is 2.08 bits per heavy atom. The lowest BCUT2D eigenvalue weighted by Crippen LogP contribution is -2.41. The van der Waals surface area contributed by atoms with Crippen molar-refractivity contribution in [2.75, 3.05) is 26.3 Å². The Labute approximate surface area is 147 Å². The smallest absolute Gasteiger partial charge is 0.244 e. The van der Waals surface area contributed by atoms with Gasteiger partial charge in [0.15, 0.2) is 5.82 Å².